The number of carbonyl (C=O) groups is 1. The fraction of sp³-hybridized carbons (Fsp3) is 0.105. The van der Waals surface area contributed by atoms with Crippen LogP contribution in [0.5, 0.6) is 5.75 Å². The summed E-state index contributed by atoms with van der Waals surface area (Å²) in [5.41, 5.74) is 1.84. The summed E-state index contributed by atoms with van der Waals surface area (Å²) < 4.78 is 11.7. The van der Waals surface area contributed by atoms with E-state index in [1.54, 1.807) is 49.6 Å². The molecule has 1 amide bonds. The molecule has 128 valence electrons. The van der Waals surface area contributed by atoms with Gasteiger partial charge < -0.3 is 19.6 Å². The van der Waals surface area contributed by atoms with E-state index in [1.165, 1.54) is 0 Å². The maximum Gasteiger partial charge on any atom is 0.256 e. The van der Waals surface area contributed by atoms with Gasteiger partial charge in [0.05, 0.1) is 18.2 Å². The van der Waals surface area contributed by atoms with Crippen LogP contribution in [0.2, 0.25) is 0 Å². The second kappa shape index (κ2) is 7.55. The molecule has 25 heavy (non-hydrogen) atoms. The number of anilines is 1. The summed E-state index contributed by atoms with van der Waals surface area (Å²) in [6.07, 6.45) is 0. The van der Waals surface area contributed by atoms with Crippen LogP contribution in [-0.4, -0.2) is 18.1 Å². The van der Waals surface area contributed by atoms with E-state index in [0.717, 1.165) is 4.47 Å². The normalized spacial score (nSPS) is 10.5. The number of hydrogen-bond acceptors (Lipinski definition) is 4. The van der Waals surface area contributed by atoms with Crippen molar-refractivity contribution < 1.29 is 19.1 Å². The number of amides is 1. The molecular weight excluding hydrogens is 386 g/mol. The van der Waals surface area contributed by atoms with Crippen LogP contribution in [0.4, 0.5) is 5.69 Å². The molecule has 1 aromatic heterocycles. The van der Waals surface area contributed by atoms with Crippen molar-refractivity contribution in [2.45, 2.75) is 6.61 Å². The minimum absolute atomic E-state index is 0.180. The van der Waals surface area contributed by atoms with E-state index in [1.807, 2.05) is 12.1 Å². The standard InChI is InChI=1S/C19H16BrNO4/c1-24-17-8-6-12(10-15(17)18-9-7-13(11-22)25-18)21-19(23)14-4-2-3-5-16(14)20/h2-10,22H,11H2,1H3,(H,21,23). The summed E-state index contributed by atoms with van der Waals surface area (Å²) >= 11 is 3.38. The van der Waals surface area contributed by atoms with Gasteiger partial charge in [0.15, 0.2) is 0 Å². The lowest BCUT2D eigenvalue weighted by molar-refractivity contribution is 0.102. The fourth-order valence-electron chi connectivity index (χ4n) is 2.43. The van der Waals surface area contributed by atoms with Crippen molar-refractivity contribution in [1.29, 1.82) is 0 Å². The van der Waals surface area contributed by atoms with Gasteiger partial charge in [-0.25, -0.2) is 0 Å². The number of methoxy groups -OCH3 is 1. The number of carbonyl (C=O) groups excluding carboxylic acids is 1. The lowest BCUT2D eigenvalue weighted by atomic mass is 10.1. The van der Waals surface area contributed by atoms with Crippen molar-refractivity contribution in [1.82, 2.24) is 0 Å². The second-order valence-electron chi connectivity index (χ2n) is 5.27. The number of ether oxygens (including phenoxy) is 1. The van der Waals surface area contributed by atoms with Gasteiger partial charge in [0.1, 0.15) is 23.9 Å². The van der Waals surface area contributed by atoms with Crippen molar-refractivity contribution in [2.75, 3.05) is 12.4 Å². The average molecular weight is 402 g/mol. The van der Waals surface area contributed by atoms with Crippen LogP contribution in [0.3, 0.4) is 0 Å². The third-order valence-electron chi connectivity index (χ3n) is 3.66. The van der Waals surface area contributed by atoms with E-state index in [9.17, 15) is 4.79 Å². The largest absolute Gasteiger partial charge is 0.496 e. The minimum atomic E-state index is -0.223. The van der Waals surface area contributed by atoms with Gasteiger partial charge in [-0.2, -0.15) is 0 Å². The summed E-state index contributed by atoms with van der Waals surface area (Å²) in [4.78, 5) is 12.5. The lowest BCUT2D eigenvalue weighted by Gasteiger charge is -2.11. The van der Waals surface area contributed by atoms with E-state index in [0.29, 0.717) is 34.1 Å². The Bertz CT molecular complexity index is 904. The molecule has 0 aliphatic heterocycles. The molecule has 6 heteroatoms. The smallest absolute Gasteiger partial charge is 0.256 e. The molecule has 5 nitrogen and oxygen atoms in total. The number of benzene rings is 2. The Balaban J connectivity index is 1.91. The molecular formula is C19H16BrNO4. The van der Waals surface area contributed by atoms with E-state index in [-0.39, 0.29) is 12.5 Å². The van der Waals surface area contributed by atoms with Gasteiger partial charge in [-0.15, -0.1) is 0 Å². The van der Waals surface area contributed by atoms with Gasteiger partial charge in [0.2, 0.25) is 0 Å². The Labute approximate surface area is 153 Å². The van der Waals surface area contributed by atoms with Crippen LogP contribution in [0.15, 0.2) is 63.5 Å². The first-order valence-electron chi connectivity index (χ1n) is 7.56. The highest BCUT2D eigenvalue weighted by molar-refractivity contribution is 9.10. The Hall–Kier alpha value is -2.57. The van der Waals surface area contributed by atoms with Gasteiger partial charge in [-0.3, -0.25) is 4.79 Å². The summed E-state index contributed by atoms with van der Waals surface area (Å²) in [6.45, 7) is -0.180. The molecule has 0 atom stereocenters. The molecule has 0 aliphatic carbocycles. The minimum Gasteiger partial charge on any atom is -0.496 e. The zero-order valence-corrected chi connectivity index (χ0v) is 15.0. The topological polar surface area (TPSA) is 71.7 Å². The number of nitrogens with one attached hydrogen (secondary N) is 1. The van der Waals surface area contributed by atoms with E-state index in [4.69, 9.17) is 14.3 Å². The number of furan rings is 1. The summed E-state index contributed by atoms with van der Waals surface area (Å²) in [7, 11) is 1.56. The Morgan fingerprint density at radius 2 is 2.00 bits per heavy atom. The summed E-state index contributed by atoms with van der Waals surface area (Å²) in [6, 6.07) is 15.9. The monoisotopic (exact) mass is 401 g/mol. The first-order valence-corrected chi connectivity index (χ1v) is 8.35. The van der Waals surface area contributed by atoms with Crippen LogP contribution >= 0.6 is 15.9 Å². The molecule has 0 saturated carbocycles. The van der Waals surface area contributed by atoms with E-state index >= 15 is 0 Å². The SMILES string of the molecule is COc1ccc(NC(=O)c2ccccc2Br)cc1-c1ccc(CO)o1. The third-order valence-corrected chi connectivity index (χ3v) is 4.35. The maximum absolute atomic E-state index is 12.5. The predicted octanol–water partition coefficient (Wildman–Crippen LogP) is 4.46. The number of aliphatic hydroxyl groups is 1. The maximum atomic E-state index is 12.5. The number of halogens is 1. The van der Waals surface area contributed by atoms with Crippen LogP contribution in [0.1, 0.15) is 16.1 Å². The third kappa shape index (κ3) is 3.75. The van der Waals surface area contributed by atoms with Crippen molar-refractivity contribution in [3.63, 3.8) is 0 Å². The predicted molar refractivity (Wildman–Crippen MR) is 98.7 cm³/mol. The first-order chi connectivity index (χ1) is 12.1. The molecule has 3 aromatic rings. The number of aliphatic hydroxyl groups excluding tert-OH is 1. The zero-order chi connectivity index (χ0) is 17.8. The zero-order valence-electron chi connectivity index (χ0n) is 13.5. The first kappa shape index (κ1) is 17.3. The molecule has 0 saturated heterocycles. The molecule has 1 heterocycles. The highest BCUT2D eigenvalue weighted by Gasteiger charge is 2.14. The van der Waals surface area contributed by atoms with Crippen LogP contribution in [-0.2, 0) is 6.61 Å². The highest BCUT2D eigenvalue weighted by atomic mass is 79.9. The lowest BCUT2D eigenvalue weighted by Crippen LogP contribution is -2.12. The second-order valence-corrected chi connectivity index (χ2v) is 6.13. The van der Waals surface area contributed by atoms with Crippen molar-refractivity contribution >= 4 is 27.5 Å². The Kier molecular flexibility index (Phi) is 5.21. The highest BCUT2D eigenvalue weighted by Crippen LogP contribution is 2.34. The van der Waals surface area contributed by atoms with Gasteiger partial charge >= 0.3 is 0 Å². The molecule has 0 radical (unpaired) electrons. The Morgan fingerprint density at radius 1 is 1.20 bits per heavy atom. The fourth-order valence-corrected chi connectivity index (χ4v) is 2.89. The molecule has 2 N–H and O–H groups in total. The number of rotatable bonds is 5. The molecule has 0 unspecified atom stereocenters. The van der Waals surface area contributed by atoms with E-state index in [2.05, 4.69) is 21.2 Å². The van der Waals surface area contributed by atoms with Gasteiger partial charge in [-0.1, -0.05) is 12.1 Å². The molecule has 0 fully saturated rings. The van der Waals surface area contributed by atoms with Crippen LogP contribution in [0.25, 0.3) is 11.3 Å². The molecule has 0 aliphatic rings. The molecule has 0 bridgehead atoms. The van der Waals surface area contributed by atoms with Crippen molar-refractivity contribution in [3.05, 3.63) is 70.4 Å². The van der Waals surface area contributed by atoms with Crippen molar-refractivity contribution in [2.24, 2.45) is 0 Å². The van der Waals surface area contributed by atoms with E-state index < -0.39 is 0 Å². The van der Waals surface area contributed by atoms with Crippen molar-refractivity contribution in [3.8, 4) is 17.1 Å². The summed E-state index contributed by atoms with van der Waals surface area (Å²) in [5, 5.41) is 12.0. The molecule has 3 rings (SSSR count). The Morgan fingerprint density at radius 3 is 2.68 bits per heavy atom. The van der Waals surface area contributed by atoms with Gasteiger partial charge in [0, 0.05) is 10.2 Å². The number of hydrogen-bond donors (Lipinski definition) is 2. The molecule has 2 aromatic carbocycles. The average Bonchev–Trinajstić information content (AvgIpc) is 3.11. The quantitative estimate of drug-likeness (QED) is 0.661. The van der Waals surface area contributed by atoms with Gasteiger partial charge in [-0.05, 0) is 58.4 Å². The van der Waals surface area contributed by atoms with Gasteiger partial charge in [0.25, 0.3) is 5.91 Å². The van der Waals surface area contributed by atoms with Crippen LogP contribution in [0, 0.1) is 0 Å². The molecule has 0 spiro atoms. The van der Waals surface area contributed by atoms with Crippen LogP contribution < -0.4 is 10.1 Å². The summed E-state index contributed by atoms with van der Waals surface area (Å²) in [5.74, 6) is 1.40.